The highest BCUT2D eigenvalue weighted by Gasteiger charge is 2.39. The molecule has 1 aromatic rings. The summed E-state index contributed by atoms with van der Waals surface area (Å²) in [6.07, 6.45) is 13.3. The second-order valence-electron chi connectivity index (χ2n) is 10.6. The van der Waals surface area contributed by atoms with Gasteiger partial charge in [0.25, 0.3) is 0 Å². The van der Waals surface area contributed by atoms with E-state index in [1.807, 2.05) is 12.1 Å². The highest BCUT2D eigenvalue weighted by Crippen LogP contribution is 2.51. The number of hydrogen-bond acceptors (Lipinski definition) is 1. The van der Waals surface area contributed by atoms with Crippen molar-refractivity contribution in [3.63, 3.8) is 0 Å². The van der Waals surface area contributed by atoms with Gasteiger partial charge in [0.1, 0.15) is 5.75 Å². The number of rotatable bonds is 6. The van der Waals surface area contributed by atoms with Crippen molar-refractivity contribution in [3.8, 4) is 5.75 Å². The van der Waals surface area contributed by atoms with Gasteiger partial charge in [-0.3, -0.25) is 0 Å². The smallest absolute Gasteiger partial charge is 0.406 e. The Morgan fingerprint density at radius 2 is 1.35 bits per heavy atom. The Labute approximate surface area is 186 Å². The van der Waals surface area contributed by atoms with Gasteiger partial charge >= 0.3 is 6.36 Å². The van der Waals surface area contributed by atoms with Crippen LogP contribution in [0, 0.1) is 29.6 Å². The third-order valence-electron chi connectivity index (χ3n) is 8.76. The third kappa shape index (κ3) is 6.20. The van der Waals surface area contributed by atoms with Crippen LogP contribution in [0.1, 0.15) is 102 Å². The summed E-state index contributed by atoms with van der Waals surface area (Å²) >= 11 is 0. The molecule has 0 aromatic heterocycles. The molecule has 0 saturated heterocycles. The maximum absolute atomic E-state index is 12.4. The van der Waals surface area contributed by atoms with Crippen molar-refractivity contribution in [1.29, 1.82) is 0 Å². The molecule has 4 unspecified atom stereocenters. The molecule has 31 heavy (non-hydrogen) atoms. The average Bonchev–Trinajstić information content (AvgIpc) is 2.77. The maximum atomic E-state index is 12.4. The molecule has 1 aromatic carbocycles. The minimum Gasteiger partial charge on any atom is -0.406 e. The Hall–Kier alpha value is -1.19. The van der Waals surface area contributed by atoms with Crippen molar-refractivity contribution < 1.29 is 17.9 Å². The Bertz CT molecular complexity index is 675. The maximum Gasteiger partial charge on any atom is 0.573 e. The fourth-order valence-corrected chi connectivity index (χ4v) is 7.04. The van der Waals surface area contributed by atoms with Gasteiger partial charge in [0.15, 0.2) is 0 Å². The Morgan fingerprint density at radius 1 is 0.774 bits per heavy atom. The van der Waals surface area contributed by atoms with Gasteiger partial charge in [-0.05, 0) is 105 Å². The SMILES string of the molecule is CCCCC1CCC(C2CCC3CC(c4ccc(OC(F)(F)F)cc4)CCC3C2)CC1. The molecule has 4 atom stereocenters. The standard InChI is InChI=1S/C27H39F3O/c1-2-3-4-19-5-7-20(8-6-19)22-9-11-25-18-23(10-12-24(25)17-22)21-13-15-26(16-14-21)31-27(28,29)30/h13-16,19-20,22-25H,2-12,17-18H2,1H3. The zero-order valence-corrected chi connectivity index (χ0v) is 19.0. The summed E-state index contributed by atoms with van der Waals surface area (Å²) in [4.78, 5) is 0. The van der Waals surface area contributed by atoms with Gasteiger partial charge in [-0.2, -0.15) is 0 Å². The van der Waals surface area contributed by atoms with Gasteiger partial charge in [-0.25, -0.2) is 0 Å². The lowest BCUT2D eigenvalue weighted by Crippen LogP contribution is -2.34. The summed E-state index contributed by atoms with van der Waals surface area (Å²) in [5.41, 5.74) is 1.18. The van der Waals surface area contributed by atoms with E-state index in [2.05, 4.69) is 11.7 Å². The number of benzene rings is 1. The van der Waals surface area contributed by atoms with E-state index < -0.39 is 6.36 Å². The number of halogens is 3. The summed E-state index contributed by atoms with van der Waals surface area (Å²) in [6, 6.07) is 6.63. The van der Waals surface area contributed by atoms with E-state index in [-0.39, 0.29) is 5.75 Å². The highest BCUT2D eigenvalue weighted by molar-refractivity contribution is 5.30. The molecule has 0 spiro atoms. The average molecular weight is 437 g/mol. The highest BCUT2D eigenvalue weighted by atomic mass is 19.4. The zero-order chi connectivity index (χ0) is 21.8. The largest absolute Gasteiger partial charge is 0.573 e. The molecule has 0 radical (unpaired) electrons. The second kappa shape index (κ2) is 10.2. The Kier molecular flexibility index (Phi) is 7.54. The van der Waals surface area contributed by atoms with Gasteiger partial charge in [-0.1, -0.05) is 51.2 Å². The predicted molar refractivity (Wildman–Crippen MR) is 119 cm³/mol. The molecule has 4 rings (SSSR count). The number of ether oxygens (including phenoxy) is 1. The molecule has 3 saturated carbocycles. The molecule has 0 bridgehead atoms. The fraction of sp³-hybridized carbons (Fsp3) is 0.778. The molecule has 174 valence electrons. The molecule has 3 aliphatic rings. The third-order valence-corrected chi connectivity index (χ3v) is 8.76. The molecule has 4 heteroatoms. The van der Waals surface area contributed by atoms with Crippen molar-refractivity contribution in [2.24, 2.45) is 29.6 Å². The van der Waals surface area contributed by atoms with Crippen LogP contribution in [0.15, 0.2) is 24.3 Å². The lowest BCUT2D eigenvalue weighted by molar-refractivity contribution is -0.274. The number of unbranched alkanes of at least 4 members (excludes halogenated alkanes) is 1. The lowest BCUT2D eigenvalue weighted by atomic mass is 9.60. The van der Waals surface area contributed by atoms with Gasteiger partial charge in [-0.15, -0.1) is 13.2 Å². The monoisotopic (exact) mass is 436 g/mol. The van der Waals surface area contributed by atoms with Crippen LogP contribution in [-0.2, 0) is 0 Å². The van der Waals surface area contributed by atoms with Crippen molar-refractivity contribution in [2.45, 2.75) is 103 Å². The van der Waals surface area contributed by atoms with Crippen molar-refractivity contribution in [1.82, 2.24) is 0 Å². The minimum atomic E-state index is -4.62. The van der Waals surface area contributed by atoms with E-state index in [1.54, 1.807) is 0 Å². The quantitative estimate of drug-likeness (QED) is 0.432. The summed E-state index contributed by atoms with van der Waals surface area (Å²) in [5.74, 6) is 4.97. The van der Waals surface area contributed by atoms with E-state index in [0.717, 1.165) is 29.6 Å². The normalized spacial score (nSPS) is 34.2. The van der Waals surface area contributed by atoms with Crippen LogP contribution in [-0.4, -0.2) is 6.36 Å². The first kappa shape index (κ1) is 23.0. The second-order valence-corrected chi connectivity index (χ2v) is 10.6. The first-order valence-corrected chi connectivity index (χ1v) is 12.8. The molecule has 0 aliphatic heterocycles. The Balaban J connectivity index is 1.25. The molecule has 0 heterocycles. The van der Waals surface area contributed by atoms with Crippen molar-refractivity contribution >= 4 is 0 Å². The molecular weight excluding hydrogens is 397 g/mol. The van der Waals surface area contributed by atoms with Crippen LogP contribution in [0.25, 0.3) is 0 Å². The van der Waals surface area contributed by atoms with E-state index in [1.165, 1.54) is 101 Å². The molecule has 3 fully saturated rings. The first-order chi connectivity index (χ1) is 14.9. The zero-order valence-electron chi connectivity index (χ0n) is 19.0. The lowest BCUT2D eigenvalue weighted by Gasteiger charge is -2.45. The molecular formula is C27H39F3O. The fourth-order valence-electron chi connectivity index (χ4n) is 7.04. The topological polar surface area (TPSA) is 9.23 Å². The van der Waals surface area contributed by atoms with Crippen LogP contribution in [0.5, 0.6) is 5.75 Å². The van der Waals surface area contributed by atoms with Gasteiger partial charge in [0.2, 0.25) is 0 Å². The Morgan fingerprint density at radius 3 is 2.00 bits per heavy atom. The van der Waals surface area contributed by atoms with Crippen LogP contribution in [0.2, 0.25) is 0 Å². The van der Waals surface area contributed by atoms with Crippen LogP contribution >= 0.6 is 0 Å². The first-order valence-electron chi connectivity index (χ1n) is 12.8. The van der Waals surface area contributed by atoms with Crippen LogP contribution in [0.3, 0.4) is 0 Å². The van der Waals surface area contributed by atoms with Gasteiger partial charge in [0.05, 0.1) is 0 Å². The number of alkyl halides is 3. The van der Waals surface area contributed by atoms with Crippen molar-refractivity contribution in [2.75, 3.05) is 0 Å². The van der Waals surface area contributed by atoms with Crippen molar-refractivity contribution in [3.05, 3.63) is 29.8 Å². The summed E-state index contributed by atoms with van der Waals surface area (Å²) in [7, 11) is 0. The molecule has 0 amide bonds. The van der Waals surface area contributed by atoms with E-state index in [4.69, 9.17) is 0 Å². The van der Waals surface area contributed by atoms with E-state index in [0.29, 0.717) is 5.92 Å². The number of fused-ring (bicyclic) bond motifs is 1. The summed E-state index contributed by atoms with van der Waals surface area (Å²) in [6.45, 7) is 2.30. The van der Waals surface area contributed by atoms with Crippen LogP contribution < -0.4 is 4.74 Å². The molecule has 1 nitrogen and oxygen atoms in total. The van der Waals surface area contributed by atoms with Gasteiger partial charge in [0, 0.05) is 0 Å². The predicted octanol–water partition coefficient (Wildman–Crippen LogP) is 8.88. The molecule has 3 aliphatic carbocycles. The van der Waals surface area contributed by atoms with E-state index >= 15 is 0 Å². The summed E-state index contributed by atoms with van der Waals surface area (Å²) < 4.78 is 41.2. The number of hydrogen-bond donors (Lipinski definition) is 0. The minimum absolute atomic E-state index is 0.116. The van der Waals surface area contributed by atoms with E-state index in [9.17, 15) is 13.2 Å². The van der Waals surface area contributed by atoms with Crippen LogP contribution in [0.4, 0.5) is 13.2 Å². The van der Waals surface area contributed by atoms with Gasteiger partial charge < -0.3 is 4.74 Å². The molecule has 0 N–H and O–H groups in total. The summed E-state index contributed by atoms with van der Waals surface area (Å²) in [5, 5.41) is 0.